The Labute approximate surface area is 124 Å². The lowest BCUT2D eigenvalue weighted by Gasteiger charge is -2.20. The van der Waals surface area contributed by atoms with E-state index in [2.05, 4.69) is 0 Å². The lowest BCUT2D eigenvalue weighted by molar-refractivity contribution is 0.475. The highest BCUT2D eigenvalue weighted by atomic mass is 32.2. The predicted octanol–water partition coefficient (Wildman–Crippen LogP) is 2.71. The molecule has 21 heavy (non-hydrogen) atoms. The Bertz CT molecular complexity index is 767. The summed E-state index contributed by atoms with van der Waals surface area (Å²) in [5.74, 6) is 0.113. The second kappa shape index (κ2) is 5.07. The van der Waals surface area contributed by atoms with Crippen LogP contribution in [0.4, 0.5) is 5.69 Å². The molecule has 3 rings (SSSR count). The van der Waals surface area contributed by atoms with Crippen molar-refractivity contribution >= 4 is 15.7 Å². The number of phenolic OH excluding ortho intramolecular Hbond substituents is 1. The van der Waals surface area contributed by atoms with E-state index in [4.69, 9.17) is 0 Å². The van der Waals surface area contributed by atoms with E-state index in [0.717, 1.165) is 24.8 Å². The third-order valence-electron chi connectivity index (χ3n) is 3.94. The second-order valence-electron chi connectivity index (χ2n) is 5.27. The third-order valence-corrected chi connectivity index (χ3v) is 5.72. The topological polar surface area (TPSA) is 57.6 Å². The molecule has 0 spiro atoms. The van der Waals surface area contributed by atoms with Gasteiger partial charge in [0.05, 0.1) is 10.6 Å². The monoisotopic (exact) mass is 303 g/mol. The molecular formula is C16H17NO3S. The van der Waals surface area contributed by atoms with Gasteiger partial charge in [-0.3, -0.25) is 4.31 Å². The van der Waals surface area contributed by atoms with Crippen molar-refractivity contribution in [3.63, 3.8) is 0 Å². The zero-order valence-corrected chi connectivity index (χ0v) is 12.6. The van der Waals surface area contributed by atoms with Crippen molar-refractivity contribution in [3.05, 3.63) is 53.6 Å². The first-order valence-electron chi connectivity index (χ1n) is 6.88. The zero-order chi connectivity index (χ0) is 15.0. The van der Waals surface area contributed by atoms with Crippen LogP contribution < -0.4 is 4.31 Å². The summed E-state index contributed by atoms with van der Waals surface area (Å²) in [7, 11) is -2.05. The van der Waals surface area contributed by atoms with Gasteiger partial charge in [0.2, 0.25) is 0 Å². The number of nitrogens with zero attached hydrogens (tertiary/aromatic N) is 1. The molecule has 0 atom stereocenters. The van der Waals surface area contributed by atoms with E-state index in [1.807, 2.05) is 6.07 Å². The van der Waals surface area contributed by atoms with E-state index in [-0.39, 0.29) is 5.75 Å². The number of phenols is 1. The normalized spacial score (nSPS) is 14.0. The third kappa shape index (κ3) is 2.49. The zero-order valence-electron chi connectivity index (χ0n) is 11.8. The molecule has 4 nitrogen and oxygen atoms in total. The van der Waals surface area contributed by atoms with E-state index < -0.39 is 10.0 Å². The van der Waals surface area contributed by atoms with Crippen LogP contribution in [0.5, 0.6) is 5.75 Å². The van der Waals surface area contributed by atoms with Crippen molar-refractivity contribution in [1.82, 2.24) is 0 Å². The molecule has 0 saturated carbocycles. The van der Waals surface area contributed by atoms with Crippen LogP contribution in [0.2, 0.25) is 0 Å². The number of aryl methyl sites for hydroxylation is 2. The van der Waals surface area contributed by atoms with Crippen LogP contribution in [0.15, 0.2) is 47.4 Å². The summed E-state index contributed by atoms with van der Waals surface area (Å²) in [5.41, 5.74) is 2.91. The molecule has 0 unspecified atom stereocenters. The van der Waals surface area contributed by atoms with Crippen molar-refractivity contribution in [3.8, 4) is 5.75 Å². The molecule has 1 aliphatic rings. The van der Waals surface area contributed by atoms with Gasteiger partial charge in [0.15, 0.2) is 0 Å². The van der Waals surface area contributed by atoms with Crippen molar-refractivity contribution in [2.24, 2.45) is 0 Å². The van der Waals surface area contributed by atoms with E-state index in [0.29, 0.717) is 10.6 Å². The Morgan fingerprint density at radius 3 is 2.38 bits per heavy atom. The fraction of sp³-hybridized carbons (Fsp3) is 0.250. The number of hydrogen-bond donors (Lipinski definition) is 1. The van der Waals surface area contributed by atoms with Gasteiger partial charge >= 0.3 is 0 Å². The molecule has 2 aromatic rings. The van der Waals surface area contributed by atoms with Crippen LogP contribution in [-0.4, -0.2) is 20.6 Å². The molecular weight excluding hydrogens is 286 g/mol. The summed E-state index contributed by atoms with van der Waals surface area (Å²) in [6.45, 7) is 0. The molecule has 0 amide bonds. The molecule has 0 aromatic heterocycles. The molecule has 0 radical (unpaired) electrons. The van der Waals surface area contributed by atoms with Crippen LogP contribution >= 0.6 is 0 Å². The summed E-state index contributed by atoms with van der Waals surface area (Å²) in [5, 5.41) is 9.30. The number of benzene rings is 2. The van der Waals surface area contributed by atoms with Crippen molar-refractivity contribution in [2.75, 3.05) is 11.4 Å². The van der Waals surface area contributed by atoms with Gasteiger partial charge in [-0.15, -0.1) is 0 Å². The minimum absolute atomic E-state index is 0.113. The first-order chi connectivity index (χ1) is 9.98. The molecule has 5 heteroatoms. The highest BCUT2D eigenvalue weighted by Gasteiger charge is 2.23. The molecule has 0 aliphatic heterocycles. The Morgan fingerprint density at radius 1 is 1.00 bits per heavy atom. The molecule has 0 saturated heterocycles. The van der Waals surface area contributed by atoms with Crippen molar-refractivity contribution < 1.29 is 13.5 Å². The van der Waals surface area contributed by atoms with Gasteiger partial charge in [-0.2, -0.15) is 0 Å². The number of hydrogen-bond acceptors (Lipinski definition) is 3. The van der Waals surface area contributed by atoms with Gasteiger partial charge in [0, 0.05) is 7.05 Å². The highest BCUT2D eigenvalue weighted by Crippen LogP contribution is 2.28. The fourth-order valence-electron chi connectivity index (χ4n) is 2.67. The lowest BCUT2D eigenvalue weighted by Crippen LogP contribution is -2.26. The molecule has 1 N–H and O–H groups in total. The van der Waals surface area contributed by atoms with Crippen LogP contribution in [-0.2, 0) is 22.9 Å². The smallest absolute Gasteiger partial charge is 0.264 e. The van der Waals surface area contributed by atoms with Crippen molar-refractivity contribution in [1.29, 1.82) is 0 Å². The Kier molecular flexibility index (Phi) is 3.37. The van der Waals surface area contributed by atoms with Gasteiger partial charge < -0.3 is 5.11 Å². The van der Waals surface area contributed by atoms with Crippen molar-refractivity contribution in [2.45, 2.75) is 24.2 Å². The average Bonchev–Trinajstić information content (AvgIpc) is 2.94. The quantitative estimate of drug-likeness (QED) is 0.948. The Morgan fingerprint density at radius 2 is 1.67 bits per heavy atom. The van der Waals surface area contributed by atoms with Gasteiger partial charge in [0.1, 0.15) is 5.75 Å². The summed E-state index contributed by atoms with van der Waals surface area (Å²) in [6, 6.07) is 11.5. The van der Waals surface area contributed by atoms with Gasteiger partial charge in [-0.25, -0.2) is 8.42 Å². The lowest BCUT2D eigenvalue weighted by atomic mass is 10.1. The highest BCUT2D eigenvalue weighted by molar-refractivity contribution is 7.92. The van der Waals surface area contributed by atoms with Crippen LogP contribution in [0, 0.1) is 0 Å². The maximum absolute atomic E-state index is 12.7. The molecule has 0 heterocycles. The largest absolute Gasteiger partial charge is 0.508 e. The number of rotatable bonds is 3. The molecule has 0 fully saturated rings. The molecule has 1 aliphatic carbocycles. The maximum atomic E-state index is 12.7. The van der Waals surface area contributed by atoms with Gasteiger partial charge in [0.25, 0.3) is 10.0 Å². The maximum Gasteiger partial charge on any atom is 0.264 e. The van der Waals surface area contributed by atoms with Crippen LogP contribution in [0.25, 0.3) is 0 Å². The SMILES string of the molecule is CN(c1ccc(O)cc1)S(=O)(=O)c1ccc2c(c1)CCC2. The van der Waals surface area contributed by atoms with Crippen LogP contribution in [0.3, 0.4) is 0 Å². The first kappa shape index (κ1) is 13.9. The average molecular weight is 303 g/mol. The van der Waals surface area contributed by atoms with Gasteiger partial charge in [-0.05, 0) is 66.8 Å². The van der Waals surface area contributed by atoms with E-state index in [1.54, 1.807) is 24.3 Å². The second-order valence-corrected chi connectivity index (χ2v) is 7.24. The molecule has 2 aromatic carbocycles. The Hall–Kier alpha value is -2.01. The predicted molar refractivity (Wildman–Crippen MR) is 82.2 cm³/mol. The summed E-state index contributed by atoms with van der Waals surface area (Å²) in [6.07, 6.45) is 3.07. The number of sulfonamides is 1. The standard InChI is InChI=1S/C16H17NO3S/c1-17(14-6-8-15(18)9-7-14)21(19,20)16-10-5-12-3-2-4-13(12)11-16/h5-11,18H,2-4H2,1H3. The van der Waals surface area contributed by atoms with E-state index in [9.17, 15) is 13.5 Å². The fourth-order valence-corrected chi connectivity index (χ4v) is 3.91. The molecule has 0 bridgehead atoms. The first-order valence-corrected chi connectivity index (χ1v) is 8.32. The summed E-state index contributed by atoms with van der Waals surface area (Å²) in [4.78, 5) is 0.318. The minimum atomic E-state index is -3.57. The molecule has 110 valence electrons. The van der Waals surface area contributed by atoms with Gasteiger partial charge in [-0.1, -0.05) is 6.07 Å². The Balaban J connectivity index is 1.98. The number of fused-ring (bicyclic) bond motifs is 1. The number of aromatic hydroxyl groups is 1. The summed E-state index contributed by atoms with van der Waals surface area (Å²) >= 11 is 0. The van der Waals surface area contributed by atoms with E-state index >= 15 is 0 Å². The minimum Gasteiger partial charge on any atom is -0.508 e. The van der Waals surface area contributed by atoms with Crippen LogP contribution in [0.1, 0.15) is 17.5 Å². The summed E-state index contributed by atoms with van der Waals surface area (Å²) < 4.78 is 26.6. The number of anilines is 1. The van der Waals surface area contributed by atoms with E-state index in [1.165, 1.54) is 29.0 Å².